The Morgan fingerprint density at radius 1 is 1.27 bits per heavy atom. The summed E-state index contributed by atoms with van der Waals surface area (Å²) >= 11 is 0. The number of amides is 2. The van der Waals surface area contributed by atoms with E-state index in [1.165, 1.54) is 40.8 Å². The van der Waals surface area contributed by atoms with Gasteiger partial charge in [0.1, 0.15) is 23.9 Å². The summed E-state index contributed by atoms with van der Waals surface area (Å²) < 4.78 is 1.43. The van der Waals surface area contributed by atoms with Crippen molar-refractivity contribution < 1.29 is 9.59 Å². The van der Waals surface area contributed by atoms with Crippen LogP contribution in [0.2, 0.25) is 0 Å². The average Bonchev–Trinajstić information content (AvgIpc) is 3.27. The normalized spacial score (nSPS) is 18.8. The highest BCUT2D eigenvalue weighted by Crippen LogP contribution is 2.32. The van der Waals surface area contributed by atoms with Crippen molar-refractivity contribution in [3.63, 3.8) is 0 Å². The van der Waals surface area contributed by atoms with Crippen LogP contribution >= 0.6 is 0 Å². The van der Waals surface area contributed by atoms with Gasteiger partial charge < -0.3 is 11.1 Å². The van der Waals surface area contributed by atoms with Crippen LogP contribution in [-0.4, -0.2) is 59.4 Å². The molecular formula is C18H18N10O2. The number of nitrogens with zero attached hydrogens (tertiary/aromatic N) is 8. The molecule has 1 atom stereocenters. The molecule has 0 saturated heterocycles. The van der Waals surface area contributed by atoms with Crippen LogP contribution < -0.4 is 11.1 Å². The zero-order chi connectivity index (χ0) is 21.3. The summed E-state index contributed by atoms with van der Waals surface area (Å²) in [5.74, 6) is -0.0558. The fourth-order valence-electron chi connectivity index (χ4n) is 2.94. The SMILES string of the molecule is CN1C(=O)CC(C)(c2cc(NC(=O)c3cnc(-n4cncn4)cn3)ccn2)N=C1N. The number of carbonyl (C=O) groups excluding carboxylic acids is 2. The standard InChI is InChI=1S/C18H18N10O2/c1-18(6-15(29)27(2)17(19)26-18)13-5-11(3-4-21-13)25-16(30)12-7-23-14(8-22-12)28-10-20-9-24-28/h3-5,7-10H,6H2,1-2H3,(H2,19,26)(H,21,25,30). The van der Waals surface area contributed by atoms with Crippen molar-refractivity contribution in [2.24, 2.45) is 10.7 Å². The van der Waals surface area contributed by atoms with E-state index in [2.05, 4.69) is 35.3 Å². The lowest BCUT2D eigenvalue weighted by atomic mass is 9.91. The van der Waals surface area contributed by atoms with E-state index in [-0.39, 0.29) is 24.0 Å². The molecule has 1 aliphatic rings. The summed E-state index contributed by atoms with van der Waals surface area (Å²) in [6.45, 7) is 1.77. The number of hydrogen-bond donors (Lipinski definition) is 2. The van der Waals surface area contributed by atoms with Crippen LogP contribution in [0.4, 0.5) is 5.69 Å². The van der Waals surface area contributed by atoms with Gasteiger partial charge in [-0.05, 0) is 19.1 Å². The maximum atomic E-state index is 12.5. The Hall–Kier alpha value is -4.22. The van der Waals surface area contributed by atoms with Crippen molar-refractivity contribution in [1.29, 1.82) is 0 Å². The summed E-state index contributed by atoms with van der Waals surface area (Å²) in [6, 6.07) is 3.29. The van der Waals surface area contributed by atoms with E-state index in [4.69, 9.17) is 5.73 Å². The minimum atomic E-state index is -0.923. The van der Waals surface area contributed by atoms with E-state index in [1.54, 1.807) is 26.1 Å². The highest BCUT2D eigenvalue weighted by Gasteiger charge is 2.37. The molecule has 12 heteroatoms. The molecule has 3 N–H and O–H groups in total. The van der Waals surface area contributed by atoms with Crippen LogP contribution in [0.1, 0.15) is 29.5 Å². The first-order chi connectivity index (χ1) is 14.4. The number of rotatable bonds is 4. The van der Waals surface area contributed by atoms with Gasteiger partial charge >= 0.3 is 0 Å². The number of hydrogen-bond acceptors (Lipinski definition) is 9. The summed E-state index contributed by atoms with van der Waals surface area (Å²) in [5, 5.41) is 6.70. The zero-order valence-electron chi connectivity index (χ0n) is 16.2. The Labute approximate surface area is 170 Å². The van der Waals surface area contributed by atoms with Crippen molar-refractivity contribution >= 4 is 23.5 Å². The van der Waals surface area contributed by atoms with E-state index in [0.717, 1.165) is 0 Å². The Bertz CT molecular complexity index is 1130. The second-order valence-electron chi connectivity index (χ2n) is 6.86. The number of nitrogens with two attached hydrogens (primary N) is 1. The van der Waals surface area contributed by atoms with Crippen molar-refractivity contribution in [2.75, 3.05) is 12.4 Å². The van der Waals surface area contributed by atoms with Crippen LogP contribution in [0.3, 0.4) is 0 Å². The maximum absolute atomic E-state index is 12.5. The summed E-state index contributed by atoms with van der Waals surface area (Å²) in [6.07, 6.45) is 7.26. The van der Waals surface area contributed by atoms with Gasteiger partial charge in [0.25, 0.3) is 5.91 Å². The molecule has 1 aliphatic heterocycles. The van der Waals surface area contributed by atoms with Gasteiger partial charge in [0.05, 0.1) is 24.5 Å². The smallest absolute Gasteiger partial charge is 0.275 e. The van der Waals surface area contributed by atoms with Gasteiger partial charge in [-0.2, -0.15) is 5.10 Å². The lowest BCUT2D eigenvalue weighted by Crippen LogP contribution is -2.47. The molecule has 152 valence electrons. The highest BCUT2D eigenvalue weighted by atomic mass is 16.2. The van der Waals surface area contributed by atoms with Crippen LogP contribution in [0.15, 0.2) is 48.4 Å². The van der Waals surface area contributed by atoms with Gasteiger partial charge in [-0.15, -0.1) is 0 Å². The summed E-state index contributed by atoms with van der Waals surface area (Å²) in [4.78, 5) is 46.9. The van der Waals surface area contributed by atoms with E-state index >= 15 is 0 Å². The van der Waals surface area contributed by atoms with Gasteiger partial charge in [0.15, 0.2) is 11.8 Å². The molecule has 1 unspecified atom stereocenters. The van der Waals surface area contributed by atoms with Crippen molar-refractivity contribution in [2.45, 2.75) is 18.9 Å². The van der Waals surface area contributed by atoms with E-state index in [1.807, 2.05) is 0 Å². The topological polar surface area (TPSA) is 157 Å². The van der Waals surface area contributed by atoms with Crippen LogP contribution in [0, 0.1) is 0 Å². The third kappa shape index (κ3) is 3.57. The first-order valence-corrected chi connectivity index (χ1v) is 8.92. The number of anilines is 1. The largest absolute Gasteiger partial charge is 0.369 e. The van der Waals surface area contributed by atoms with Gasteiger partial charge in [0, 0.05) is 18.9 Å². The fourth-order valence-corrected chi connectivity index (χ4v) is 2.94. The zero-order valence-corrected chi connectivity index (χ0v) is 16.2. The van der Waals surface area contributed by atoms with E-state index in [0.29, 0.717) is 17.2 Å². The molecule has 2 amide bonds. The average molecular weight is 406 g/mol. The molecule has 0 spiro atoms. The van der Waals surface area contributed by atoms with Crippen molar-refractivity contribution in [3.8, 4) is 5.82 Å². The Balaban J connectivity index is 1.53. The monoisotopic (exact) mass is 406 g/mol. The summed E-state index contributed by atoms with van der Waals surface area (Å²) in [7, 11) is 1.57. The first kappa shape index (κ1) is 19.1. The van der Waals surface area contributed by atoms with Crippen LogP contribution in [-0.2, 0) is 10.3 Å². The van der Waals surface area contributed by atoms with Gasteiger partial charge in [0.2, 0.25) is 5.91 Å². The number of guanidine groups is 1. The molecule has 0 fully saturated rings. The first-order valence-electron chi connectivity index (χ1n) is 8.92. The third-order valence-electron chi connectivity index (χ3n) is 4.67. The Morgan fingerprint density at radius 3 is 2.77 bits per heavy atom. The lowest BCUT2D eigenvalue weighted by molar-refractivity contribution is -0.128. The molecule has 12 nitrogen and oxygen atoms in total. The molecule has 4 heterocycles. The second-order valence-corrected chi connectivity index (χ2v) is 6.86. The number of carbonyl (C=O) groups is 2. The Kier molecular flexibility index (Phi) is 4.66. The van der Waals surface area contributed by atoms with Crippen molar-refractivity contribution in [1.82, 2.24) is 34.6 Å². The molecule has 30 heavy (non-hydrogen) atoms. The van der Waals surface area contributed by atoms with E-state index < -0.39 is 11.4 Å². The minimum Gasteiger partial charge on any atom is -0.369 e. The van der Waals surface area contributed by atoms with Gasteiger partial charge in [-0.25, -0.2) is 24.6 Å². The molecule has 3 aromatic heterocycles. The maximum Gasteiger partial charge on any atom is 0.275 e. The van der Waals surface area contributed by atoms with Crippen LogP contribution in [0.25, 0.3) is 5.82 Å². The molecule has 0 aromatic carbocycles. The number of nitrogens with one attached hydrogen (secondary N) is 1. The minimum absolute atomic E-state index is 0.115. The Morgan fingerprint density at radius 2 is 2.10 bits per heavy atom. The molecule has 3 aromatic rings. The molecule has 0 bridgehead atoms. The number of aliphatic imine (C=N–C) groups is 1. The molecule has 0 radical (unpaired) electrons. The predicted molar refractivity (Wildman–Crippen MR) is 106 cm³/mol. The molecule has 0 aliphatic carbocycles. The van der Waals surface area contributed by atoms with Crippen LogP contribution in [0.5, 0.6) is 0 Å². The van der Waals surface area contributed by atoms with Gasteiger partial charge in [-0.3, -0.25) is 19.5 Å². The molecule has 0 saturated carbocycles. The summed E-state index contributed by atoms with van der Waals surface area (Å²) in [5.41, 5.74) is 6.05. The molecule has 4 rings (SSSR count). The second kappa shape index (κ2) is 7.31. The van der Waals surface area contributed by atoms with Gasteiger partial charge in [-0.1, -0.05) is 0 Å². The highest BCUT2D eigenvalue weighted by molar-refractivity contribution is 6.02. The number of pyridine rings is 1. The lowest BCUT2D eigenvalue weighted by Gasteiger charge is -2.32. The number of aromatic nitrogens is 6. The van der Waals surface area contributed by atoms with E-state index in [9.17, 15) is 9.59 Å². The molecular weight excluding hydrogens is 388 g/mol. The predicted octanol–water partition coefficient (Wildman–Crippen LogP) is 0.0966. The quantitative estimate of drug-likeness (QED) is 0.617. The van der Waals surface area contributed by atoms with Crippen molar-refractivity contribution in [3.05, 3.63) is 54.8 Å². The third-order valence-corrected chi connectivity index (χ3v) is 4.67. The fraction of sp³-hybridized carbons (Fsp3) is 0.222.